The van der Waals surface area contributed by atoms with E-state index in [2.05, 4.69) is 20.4 Å². The van der Waals surface area contributed by atoms with Crippen molar-refractivity contribution in [3.8, 4) is 17.1 Å². The predicted octanol–water partition coefficient (Wildman–Crippen LogP) is 2.39. The van der Waals surface area contributed by atoms with E-state index in [1.54, 1.807) is 19.5 Å². The summed E-state index contributed by atoms with van der Waals surface area (Å²) < 4.78 is 10.5. The molecule has 1 aromatic carbocycles. The summed E-state index contributed by atoms with van der Waals surface area (Å²) in [5.41, 5.74) is 1.75. The molecule has 7 heteroatoms. The lowest BCUT2D eigenvalue weighted by Crippen LogP contribution is -2.23. The van der Waals surface area contributed by atoms with Crippen molar-refractivity contribution >= 4 is 5.91 Å². The zero-order valence-electron chi connectivity index (χ0n) is 13.8. The van der Waals surface area contributed by atoms with Gasteiger partial charge in [0.15, 0.2) is 0 Å². The highest BCUT2D eigenvalue weighted by Crippen LogP contribution is 2.27. The maximum Gasteiger partial charge on any atom is 0.227 e. The number of benzene rings is 1. The largest absolute Gasteiger partial charge is 0.496 e. The van der Waals surface area contributed by atoms with E-state index < -0.39 is 0 Å². The van der Waals surface area contributed by atoms with Gasteiger partial charge in [-0.25, -0.2) is 0 Å². The van der Waals surface area contributed by atoms with Gasteiger partial charge in [-0.15, -0.1) is 0 Å². The van der Waals surface area contributed by atoms with Gasteiger partial charge >= 0.3 is 0 Å². The summed E-state index contributed by atoms with van der Waals surface area (Å²) in [5, 5.41) is 6.81. The van der Waals surface area contributed by atoms with Crippen LogP contribution in [0.5, 0.6) is 5.75 Å². The minimum absolute atomic E-state index is 0.0751. The van der Waals surface area contributed by atoms with Crippen LogP contribution in [0, 0.1) is 0 Å². The Morgan fingerprint density at radius 3 is 2.80 bits per heavy atom. The summed E-state index contributed by atoms with van der Waals surface area (Å²) in [5.74, 6) is 1.46. The van der Waals surface area contributed by atoms with Gasteiger partial charge in [0.2, 0.25) is 17.6 Å². The topological polar surface area (TPSA) is 90.1 Å². The Balaban J connectivity index is 1.54. The van der Waals surface area contributed by atoms with Gasteiger partial charge in [0, 0.05) is 31.8 Å². The first-order valence-corrected chi connectivity index (χ1v) is 7.88. The van der Waals surface area contributed by atoms with Crippen LogP contribution >= 0.6 is 0 Å². The molecule has 3 aromatic rings. The maximum atomic E-state index is 11.9. The van der Waals surface area contributed by atoms with Crippen LogP contribution in [0.3, 0.4) is 0 Å². The molecule has 1 amide bonds. The van der Waals surface area contributed by atoms with Crippen LogP contribution in [0.4, 0.5) is 0 Å². The number of nitrogens with one attached hydrogen (secondary N) is 1. The van der Waals surface area contributed by atoms with Crippen LogP contribution in [-0.4, -0.2) is 28.1 Å². The zero-order valence-corrected chi connectivity index (χ0v) is 13.8. The smallest absolute Gasteiger partial charge is 0.227 e. The summed E-state index contributed by atoms with van der Waals surface area (Å²) in [7, 11) is 1.59. The van der Waals surface area contributed by atoms with E-state index in [-0.39, 0.29) is 12.3 Å². The number of hydrogen-bond donors (Lipinski definition) is 1. The number of aromatic nitrogens is 3. The van der Waals surface area contributed by atoms with Gasteiger partial charge in [-0.05, 0) is 29.8 Å². The van der Waals surface area contributed by atoms with Crippen molar-refractivity contribution in [2.45, 2.75) is 19.4 Å². The van der Waals surface area contributed by atoms with Gasteiger partial charge in [-0.3, -0.25) is 9.78 Å². The fraction of sp³-hybridized carbons (Fsp3) is 0.222. The number of amides is 1. The third-order valence-corrected chi connectivity index (χ3v) is 3.62. The highest BCUT2D eigenvalue weighted by molar-refractivity contribution is 5.76. The van der Waals surface area contributed by atoms with Crippen LogP contribution < -0.4 is 10.1 Å². The first kappa shape index (κ1) is 16.6. The Labute approximate surface area is 145 Å². The lowest BCUT2D eigenvalue weighted by Gasteiger charge is -2.04. The molecule has 128 valence electrons. The molecule has 3 rings (SSSR count). The molecule has 2 heterocycles. The zero-order chi connectivity index (χ0) is 17.5. The van der Waals surface area contributed by atoms with E-state index in [1.807, 2.05) is 36.4 Å². The molecule has 1 N–H and O–H groups in total. The summed E-state index contributed by atoms with van der Waals surface area (Å²) in [6.45, 7) is 0.470. The number of nitrogens with zero attached hydrogens (tertiary/aromatic N) is 3. The standard InChI is InChI=1S/C18H18N4O3/c1-24-15-5-3-2-4-14(15)18-21-17(25-22-18)7-6-16(23)20-12-13-8-10-19-11-9-13/h2-5,8-11H,6-7,12H2,1H3,(H,20,23). The summed E-state index contributed by atoms with van der Waals surface area (Å²) in [6, 6.07) is 11.2. The van der Waals surface area contributed by atoms with E-state index in [1.165, 1.54) is 0 Å². The third-order valence-electron chi connectivity index (χ3n) is 3.62. The molecule has 0 aliphatic rings. The molecule has 25 heavy (non-hydrogen) atoms. The molecule has 0 saturated carbocycles. The first-order chi connectivity index (χ1) is 12.3. The van der Waals surface area contributed by atoms with Gasteiger partial charge < -0.3 is 14.6 Å². The van der Waals surface area contributed by atoms with Gasteiger partial charge in [0.1, 0.15) is 5.75 Å². The Kier molecular flexibility index (Phi) is 5.36. The van der Waals surface area contributed by atoms with Gasteiger partial charge in [0.25, 0.3) is 0 Å². The molecule has 7 nitrogen and oxygen atoms in total. The molecule has 0 bridgehead atoms. The number of aryl methyl sites for hydroxylation is 1. The van der Waals surface area contributed by atoms with Gasteiger partial charge in [-0.2, -0.15) is 4.98 Å². The van der Waals surface area contributed by atoms with E-state index in [9.17, 15) is 4.79 Å². The maximum absolute atomic E-state index is 11.9. The van der Waals surface area contributed by atoms with Crippen molar-refractivity contribution < 1.29 is 14.1 Å². The number of carbonyl (C=O) groups excluding carboxylic acids is 1. The highest BCUT2D eigenvalue weighted by atomic mass is 16.5. The average Bonchev–Trinajstić information content (AvgIpc) is 3.14. The second kappa shape index (κ2) is 8.05. The molecule has 0 spiro atoms. The van der Waals surface area contributed by atoms with E-state index in [4.69, 9.17) is 9.26 Å². The van der Waals surface area contributed by atoms with Crippen LogP contribution in [0.1, 0.15) is 17.9 Å². The molecule has 0 unspecified atom stereocenters. The average molecular weight is 338 g/mol. The Morgan fingerprint density at radius 1 is 1.20 bits per heavy atom. The number of ether oxygens (including phenoxy) is 1. The van der Waals surface area contributed by atoms with Crippen molar-refractivity contribution in [3.63, 3.8) is 0 Å². The molecular formula is C18H18N4O3. The molecule has 2 aromatic heterocycles. The van der Waals surface area contributed by atoms with Crippen molar-refractivity contribution in [1.82, 2.24) is 20.4 Å². The summed E-state index contributed by atoms with van der Waals surface area (Å²) in [6.07, 6.45) is 4.04. The fourth-order valence-electron chi connectivity index (χ4n) is 2.31. The summed E-state index contributed by atoms with van der Waals surface area (Å²) in [4.78, 5) is 20.2. The first-order valence-electron chi connectivity index (χ1n) is 7.88. The van der Waals surface area contributed by atoms with Crippen molar-refractivity contribution in [3.05, 3.63) is 60.2 Å². The fourth-order valence-corrected chi connectivity index (χ4v) is 2.31. The molecule has 0 atom stereocenters. The number of para-hydroxylation sites is 1. The highest BCUT2D eigenvalue weighted by Gasteiger charge is 2.13. The lowest BCUT2D eigenvalue weighted by atomic mass is 10.2. The van der Waals surface area contributed by atoms with E-state index in [0.717, 1.165) is 11.1 Å². The second-order valence-electron chi connectivity index (χ2n) is 5.34. The van der Waals surface area contributed by atoms with Crippen LogP contribution in [0.2, 0.25) is 0 Å². The number of carbonyl (C=O) groups is 1. The number of pyridine rings is 1. The van der Waals surface area contributed by atoms with E-state index >= 15 is 0 Å². The van der Waals surface area contributed by atoms with Crippen molar-refractivity contribution in [2.24, 2.45) is 0 Å². The minimum Gasteiger partial charge on any atom is -0.496 e. The van der Waals surface area contributed by atoms with E-state index in [0.29, 0.717) is 30.4 Å². The number of methoxy groups -OCH3 is 1. The monoisotopic (exact) mass is 338 g/mol. The Bertz CT molecular complexity index is 833. The van der Waals surface area contributed by atoms with Crippen LogP contribution in [0.25, 0.3) is 11.4 Å². The number of rotatable bonds is 7. The molecule has 0 aliphatic heterocycles. The van der Waals surface area contributed by atoms with Gasteiger partial charge in [0.05, 0.1) is 12.7 Å². The molecule has 0 saturated heterocycles. The van der Waals surface area contributed by atoms with Crippen molar-refractivity contribution in [1.29, 1.82) is 0 Å². The van der Waals surface area contributed by atoms with Gasteiger partial charge in [-0.1, -0.05) is 17.3 Å². The lowest BCUT2D eigenvalue weighted by molar-refractivity contribution is -0.121. The minimum atomic E-state index is -0.0751. The quantitative estimate of drug-likeness (QED) is 0.711. The normalized spacial score (nSPS) is 10.4. The Hall–Kier alpha value is -3.22. The van der Waals surface area contributed by atoms with Crippen molar-refractivity contribution in [2.75, 3.05) is 7.11 Å². The van der Waals surface area contributed by atoms with Crippen LogP contribution in [0.15, 0.2) is 53.3 Å². The van der Waals surface area contributed by atoms with Crippen LogP contribution in [-0.2, 0) is 17.8 Å². The molecular weight excluding hydrogens is 320 g/mol. The number of hydrogen-bond acceptors (Lipinski definition) is 6. The molecule has 0 radical (unpaired) electrons. The molecule has 0 aliphatic carbocycles. The predicted molar refractivity (Wildman–Crippen MR) is 90.7 cm³/mol. The SMILES string of the molecule is COc1ccccc1-c1noc(CCC(=O)NCc2ccncc2)n1. The third kappa shape index (κ3) is 4.41. The summed E-state index contributed by atoms with van der Waals surface area (Å²) >= 11 is 0. The Morgan fingerprint density at radius 2 is 2.00 bits per heavy atom. The molecule has 0 fully saturated rings. The second-order valence-corrected chi connectivity index (χ2v) is 5.34.